The average molecular weight is 232 g/mol. The molecular weight excluding hydrogens is 208 g/mol. The molecule has 0 aromatic rings. The lowest BCUT2D eigenvalue weighted by molar-refractivity contribution is -0.674. The molecule has 16 heavy (non-hydrogen) atoms. The van der Waals surface area contributed by atoms with Crippen LogP contribution < -0.4 is 0 Å². The van der Waals surface area contributed by atoms with Gasteiger partial charge in [-0.25, -0.2) is 0 Å². The minimum absolute atomic E-state index is 0.244. The summed E-state index contributed by atoms with van der Waals surface area (Å²) in [6.45, 7) is 15.6. The molecule has 0 aliphatic carbocycles. The Hall–Kier alpha value is -0.160. The molecule has 1 heterocycles. The summed E-state index contributed by atoms with van der Waals surface area (Å²) < 4.78 is 0. The fourth-order valence-corrected chi connectivity index (χ4v) is 0.846. The zero-order valence-electron chi connectivity index (χ0n) is 11.6. The van der Waals surface area contributed by atoms with Gasteiger partial charge in [0.1, 0.15) is 0 Å². The SMILES string of the molecule is CC(C)(C)C1(C)OOC(C)(C(C)(C)C)OO1. The predicted octanol–water partition coefficient (Wildman–Crippen LogP) is 3.42. The Morgan fingerprint density at radius 1 is 0.562 bits per heavy atom. The van der Waals surface area contributed by atoms with Gasteiger partial charge in [0, 0.05) is 10.8 Å². The second-order valence-corrected chi connectivity index (χ2v) is 6.72. The average Bonchev–Trinajstić information content (AvgIpc) is 2.07. The van der Waals surface area contributed by atoms with E-state index in [-0.39, 0.29) is 10.8 Å². The summed E-state index contributed by atoms with van der Waals surface area (Å²) in [5.41, 5.74) is -0.488. The van der Waals surface area contributed by atoms with E-state index in [0.717, 1.165) is 0 Å². The third-order valence-corrected chi connectivity index (χ3v) is 3.44. The molecule has 0 atom stereocenters. The molecule has 1 fully saturated rings. The lowest BCUT2D eigenvalue weighted by atomic mass is 9.86. The minimum atomic E-state index is -0.905. The van der Waals surface area contributed by atoms with E-state index in [0.29, 0.717) is 0 Å². The number of hydrogen-bond acceptors (Lipinski definition) is 4. The van der Waals surface area contributed by atoms with Crippen LogP contribution in [0.2, 0.25) is 0 Å². The van der Waals surface area contributed by atoms with Crippen LogP contribution in [0.3, 0.4) is 0 Å². The van der Waals surface area contributed by atoms with E-state index in [4.69, 9.17) is 19.6 Å². The monoisotopic (exact) mass is 232 g/mol. The molecule has 1 rings (SSSR count). The highest BCUT2D eigenvalue weighted by Crippen LogP contribution is 2.45. The van der Waals surface area contributed by atoms with Gasteiger partial charge in [0.15, 0.2) is 0 Å². The Morgan fingerprint density at radius 3 is 0.875 bits per heavy atom. The van der Waals surface area contributed by atoms with Gasteiger partial charge in [0.2, 0.25) is 11.6 Å². The minimum Gasteiger partial charge on any atom is -0.195 e. The maximum Gasteiger partial charge on any atom is 0.236 e. The molecule has 4 nitrogen and oxygen atoms in total. The van der Waals surface area contributed by atoms with Gasteiger partial charge in [-0.1, -0.05) is 41.5 Å². The normalized spacial score (nSPS) is 37.5. The molecule has 96 valence electrons. The van der Waals surface area contributed by atoms with E-state index < -0.39 is 11.6 Å². The summed E-state index contributed by atoms with van der Waals surface area (Å²) in [6.07, 6.45) is 0. The van der Waals surface area contributed by atoms with Crippen molar-refractivity contribution in [2.24, 2.45) is 10.8 Å². The lowest BCUT2D eigenvalue weighted by Crippen LogP contribution is -2.58. The number of hydrogen-bond donors (Lipinski definition) is 0. The zero-order valence-corrected chi connectivity index (χ0v) is 11.6. The third kappa shape index (κ3) is 2.25. The van der Waals surface area contributed by atoms with Gasteiger partial charge in [-0.15, -0.1) is 0 Å². The first-order valence-corrected chi connectivity index (χ1v) is 5.65. The van der Waals surface area contributed by atoms with Crippen molar-refractivity contribution in [3.05, 3.63) is 0 Å². The van der Waals surface area contributed by atoms with Gasteiger partial charge >= 0.3 is 0 Å². The topological polar surface area (TPSA) is 36.9 Å². The summed E-state index contributed by atoms with van der Waals surface area (Å²) in [7, 11) is 0. The summed E-state index contributed by atoms with van der Waals surface area (Å²) >= 11 is 0. The van der Waals surface area contributed by atoms with E-state index >= 15 is 0 Å². The van der Waals surface area contributed by atoms with Crippen molar-refractivity contribution < 1.29 is 19.6 Å². The first-order chi connectivity index (χ1) is 6.91. The van der Waals surface area contributed by atoms with Crippen LogP contribution in [0.15, 0.2) is 0 Å². The van der Waals surface area contributed by atoms with E-state index in [1.54, 1.807) is 13.8 Å². The largest absolute Gasteiger partial charge is 0.236 e. The van der Waals surface area contributed by atoms with Crippen LogP contribution in [0.1, 0.15) is 55.4 Å². The summed E-state index contributed by atoms with van der Waals surface area (Å²) in [5, 5.41) is 0. The third-order valence-electron chi connectivity index (χ3n) is 3.44. The van der Waals surface area contributed by atoms with Gasteiger partial charge in [0.05, 0.1) is 0 Å². The Kier molecular flexibility index (Phi) is 3.19. The fraction of sp³-hybridized carbons (Fsp3) is 1.00. The van der Waals surface area contributed by atoms with Crippen LogP contribution in [0, 0.1) is 10.8 Å². The van der Waals surface area contributed by atoms with Gasteiger partial charge in [-0.3, -0.25) is 0 Å². The van der Waals surface area contributed by atoms with Crippen molar-refractivity contribution in [2.45, 2.75) is 67.0 Å². The summed E-state index contributed by atoms with van der Waals surface area (Å²) in [5.74, 6) is -1.81. The second-order valence-electron chi connectivity index (χ2n) is 6.72. The zero-order chi connectivity index (χ0) is 12.8. The molecule has 0 N–H and O–H groups in total. The summed E-state index contributed by atoms with van der Waals surface area (Å²) in [6, 6.07) is 0. The van der Waals surface area contributed by atoms with Crippen molar-refractivity contribution in [3.63, 3.8) is 0 Å². The molecule has 0 unspecified atom stereocenters. The van der Waals surface area contributed by atoms with Crippen LogP contribution in [-0.4, -0.2) is 11.6 Å². The van der Waals surface area contributed by atoms with Crippen molar-refractivity contribution in [2.75, 3.05) is 0 Å². The molecule has 0 amide bonds. The maximum atomic E-state index is 5.42. The molecule has 0 aromatic carbocycles. The molecule has 0 radical (unpaired) electrons. The van der Waals surface area contributed by atoms with Crippen LogP contribution in [0.4, 0.5) is 0 Å². The molecule has 0 saturated carbocycles. The fourth-order valence-electron chi connectivity index (χ4n) is 0.846. The highest BCUT2D eigenvalue weighted by molar-refractivity contribution is 4.83. The van der Waals surface area contributed by atoms with Crippen LogP contribution in [0.25, 0.3) is 0 Å². The van der Waals surface area contributed by atoms with Gasteiger partial charge in [-0.05, 0) is 13.8 Å². The summed E-state index contributed by atoms with van der Waals surface area (Å²) in [4.78, 5) is 21.7. The first kappa shape index (κ1) is 13.9. The Morgan fingerprint density at radius 2 is 0.750 bits per heavy atom. The molecule has 1 saturated heterocycles. The molecule has 1 aliphatic heterocycles. The van der Waals surface area contributed by atoms with Crippen LogP contribution in [-0.2, 0) is 19.6 Å². The van der Waals surface area contributed by atoms with E-state index in [1.165, 1.54) is 0 Å². The Balaban J connectivity index is 2.79. The van der Waals surface area contributed by atoms with Crippen LogP contribution >= 0.6 is 0 Å². The van der Waals surface area contributed by atoms with Crippen molar-refractivity contribution in [1.29, 1.82) is 0 Å². The van der Waals surface area contributed by atoms with E-state index in [2.05, 4.69) is 0 Å². The van der Waals surface area contributed by atoms with E-state index in [9.17, 15) is 0 Å². The van der Waals surface area contributed by atoms with Crippen molar-refractivity contribution in [1.82, 2.24) is 0 Å². The smallest absolute Gasteiger partial charge is 0.195 e. The predicted molar refractivity (Wildman–Crippen MR) is 60.1 cm³/mol. The molecular formula is C12H24O4. The number of rotatable bonds is 0. The Bertz CT molecular complexity index is 223. The Labute approximate surface area is 98.1 Å². The van der Waals surface area contributed by atoms with Gasteiger partial charge in [0.25, 0.3) is 0 Å². The van der Waals surface area contributed by atoms with Gasteiger partial charge < -0.3 is 0 Å². The highest BCUT2D eigenvalue weighted by atomic mass is 17.4. The molecule has 4 heteroatoms. The lowest BCUT2D eigenvalue weighted by Gasteiger charge is -2.49. The quantitative estimate of drug-likeness (QED) is 0.600. The second kappa shape index (κ2) is 3.67. The maximum absolute atomic E-state index is 5.42. The first-order valence-electron chi connectivity index (χ1n) is 5.65. The van der Waals surface area contributed by atoms with Gasteiger partial charge in [-0.2, -0.15) is 19.6 Å². The van der Waals surface area contributed by atoms with E-state index in [1.807, 2.05) is 41.5 Å². The standard InChI is InChI=1S/C12H24O4/c1-9(2,3)11(7)13-15-12(8,16-14-11)10(4,5)6/h1-8H3. The molecule has 0 spiro atoms. The van der Waals surface area contributed by atoms with Crippen LogP contribution in [0.5, 0.6) is 0 Å². The molecule has 1 aliphatic rings. The molecule has 0 bridgehead atoms. The van der Waals surface area contributed by atoms with Crippen molar-refractivity contribution >= 4 is 0 Å². The van der Waals surface area contributed by atoms with Crippen molar-refractivity contribution in [3.8, 4) is 0 Å². The molecule has 0 aromatic heterocycles. The highest BCUT2D eigenvalue weighted by Gasteiger charge is 2.54.